The van der Waals surface area contributed by atoms with Gasteiger partial charge in [-0.1, -0.05) is 160 Å². The number of carboxylic acids is 4. The molecule has 1 atom stereocenters. The molecule has 0 amide bonds. The number of aryl methyl sites for hydroxylation is 12. The zero-order valence-electron chi connectivity index (χ0n) is 73.0. The van der Waals surface area contributed by atoms with E-state index in [2.05, 4.69) is 217 Å². The molecule has 1 saturated carbocycles. The van der Waals surface area contributed by atoms with Gasteiger partial charge in [-0.3, -0.25) is 46.8 Å². The molecular weight excluding hydrogens is 1680 g/mol. The van der Waals surface area contributed by atoms with Crippen LogP contribution in [0.5, 0.6) is 0 Å². The van der Waals surface area contributed by atoms with E-state index < -0.39 is 33.9 Å². The Morgan fingerprint density at radius 3 is 1.15 bits per heavy atom. The van der Waals surface area contributed by atoms with Crippen molar-refractivity contribution < 1.29 is 49.1 Å². The lowest BCUT2D eigenvalue weighted by atomic mass is 9.99. The summed E-state index contributed by atoms with van der Waals surface area (Å²) in [6.45, 7) is 32.0. The van der Waals surface area contributed by atoms with Gasteiger partial charge in [0.2, 0.25) is 0 Å². The Labute approximate surface area is 751 Å². The Bertz CT molecular complexity index is 6740. The Balaban J connectivity index is 0.000000135. The number of fused-ring (bicyclic) bond motifs is 6. The standard InChI is InChI=1S/C23H21N3O2S.2C19H21N3O2S.C18H19N3O2S.C17H17N3O2S/c1-2-28-21(27)14-29-23-25-19-8-5-13-24-22(19)26(23)20-12-11-16(15-9-10-15)17-6-3-4-7-18(17)20;1-11-9-12(2)15(13(3)10-11)22-16-14(7-6-8-20-16)21-18(22)25-19(4,5)17(23)24;1-12-10-13(2)17(14(3)11-12)22-18-15(6-4-8-20-18)21-19(22)25-9-5-7-16(23)24;1-10-8-11(2)15(12(3)9-10)21-16-14(6-5-7-19-16)20-18(21)24-13(4)17(22)23;1-10-7-11(2)15(12(3)8-10)20-16-13(5-4-6-18-16)19-17(20)23-9-14(21)22/h3-8,11-13,15H,2,9-10,14H2,1H3;6-10H,1-5H3,(H,23,24);4,6,8,10-11H,5,7,9H2,1-3H3,(H,23,24);5-9,13H,1-4H3,(H,22,23);4-8H,9H2,1-3H3,(H,21,22). The van der Waals surface area contributed by atoms with Gasteiger partial charge in [-0.05, 0) is 258 Å². The number of carbonyl (C=O) groups excluding carboxylic acids is 1. The van der Waals surface area contributed by atoms with Gasteiger partial charge in [0.15, 0.2) is 54.0 Å². The van der Waals surface area contributed by atoms with Crippen LogP contribution in [0.4, 0.5) is 0 Å². The highest BCUT2D eigenvalue weighted by atomic mass is 32.2. The van der Waals surface area contributed by atoms with Crippen LogP contribution in [0.25, 0.3) is 95.0 Å². The first-order valence-corrected chi connectivity index (χ1v) is 45.8. The average molecular weight is 1780 g/mol. The first kappa shape index (κ1) is 91.5. The van der Waals surface area contributed by atoms with Crippen molar-refractivity contribution in [1.29, 1.82) is 0 Å². The molecule has 10 aromatic heterocycles. The molecule has 17 rings (SSSR count). The van der Waals surface area contributed by atoms with Crippen molar-refractivity contribution in [2.75, 3.05) is 23.9 Å². The average Bonchev–Trinajstić information content (AvgIpc) is 1.59. The fourth-order valence-corrected chi connectivity index (χ4v) is 19.9. The van der Waals surface area contributed by atoms with Crippen LogP contribution < -0.4 is 0 Å². The fraction of sp³-hybridized carbons (Fsp3) is 0.281. The number of carbonyl (C=O) groups is 5. The van der Waals surface area contributed by atoms with Gasteiger partial charge in [-0.15, -0.1) is 0 Å². The van der Waals surface area contributed by atoms with E-state index in [-0.39, 0.29) is 23.9 Å². The summed E-state index contributed by atoms with van der Waals surface area (Å²) in [6, 6.07) is 48.8. The summed E-state index contributed by atoms with van der Waals surface area (Å²) in [5, 5.41) is 42.0. The Kier molecular flexibility index (Phi) is 29.0. The maximum Gasteiger partial charge on any atom is 0.319 e. The Morgan fingerprint density at radius 2 is 0.778 bits per heavy atom. The van der Waals surface area contributed by atoms with Gasteiger partial charge in [0.1, 0.15) is 37.6 Å². The number of hydrogen-bond donors (Lipinski definition) is 4. The summed E-state index contributed by atoms with van der Waals surface area (Å²) in [5.41, 5.74) is 28.2. The second kappa shape index (κ2) is 40.0. The molecule has 0 bridgehead atoms. The zero-order valence-corrected chi connectivity index (χ0v) is 77.1. The number of hydrogen-bond acceptors (Lipinski definition) is 21. The summed E-state index contributed by atoms with van der Waals surface area (Å²) in [7, 11) is 0. The first-order chi connectivity index (χ1) is 60.3. The number of aromatic nitrogens is 15. The van der Waals surface area contributed by atoms with Gasteiger partial charge in [0, 0.05) is 48.5 Å². The number of rotatable bonds is 24. The molecule has 1 fully saturated rings. The number of imidazole rings is 5. The molecule has 648 valence electrons. The molecule has 1 aliphatic rings. The van der Waals surface area contributed by atoms with Crippen molar-refractivity contribution in [3.8, 4) is 28.4 Å². The minimum absolute atomic E-state index is 0.0344. The molecule has 0 radical (unpaired) electrons. The fourth-order valence-electron chi connectivity index (χ4n) is 15.6. The number of pyridine rings is 5. The van der Waals surface area contributed by atoms with Gasteiger partial charge in [0.25, 0.3) is 0 Å². The van der Waals surface area contributed by atoms with Crippen molar-refractivity contribution in [3.05, 3.63) is 249 Å². The van der Waals surface area contributed by atoms with Crippen LogP contribution in [0.1, 0.15) is 132 Å². The van der Waals surface area contributed by atoms with E-state index in [0.29, 0.717) is 40.2 Å². The lowest BCUT2D eigenvalue weighted by Gasteiger charge is -2.20. The van der Waals surface area contributed by atoms with Crippen molar-refractivity contribution in [1.82, 2.24) is 72.7 Å². The molecule has 6 aromatic carbocycles. The van der Waals surface area contributed by atoms with E-state index >= 15 is 0 Å². The van der Waals surface area contributed by atoms with Gasteiger partial charge in [0.05, 0.1) is 46.5 Å². The Hall–Kier alpha value is -12.2. The minimum Gasteiger partial charge on any atom is -0.481 e. The predicted molar refractivity (Wildman–Crippen MR) is 504 cm³/mol. The summed E-state index contributed by atoms with van der Waals surface area (Å²) in [5.74, 6) is -2.03. The summed E-state index contributed by atoms with van der Waals surface area (Å²) < 4.78 is 14.2. The van der Waals surface area contributed by atoms with Crippen molar-refractivity contribution in [3.63, 3.8) is 0 Å². The molecule has 10 heterocycles. The molecule has 126 heavy (non-hydrogen) atoms. The van der Waals surface area contributed by atoms with Gasteiger partial charge in [-0.25, -0.2) is 49.8 Å². The quantitative estimate of drug-likeness (QED) is 0.0248. The third-order valence-corrected chi connectivity index (χ3v) is 25.8. The number of ether oxygens (including phenoxy) is 1. The summed E-state index contributed by atoms with van der Waals surface area (Å²) >= 11 is 6.64. The van der Waals surface area contributed by atoms with Crippen LogP contribution >= 0.6 is 58.8 Å². The molecule has 16 aromatic rings. The summed E-state index contributed by atoms with van der Waals surface area (Å²) in [4.78, 5) is 102. The number of carboxylic acid groups (broad SMARTS) is 4. The normalized spacial score (nSPS) is 12.2. The van der Waals surface area contributed by atoms with E-state index in [9.17, 15) is 34.2 Å². The highest BCUT2D eigenvalue weighted by Crippen LogP contribution is 2.46. The largest absolute Gasteiger partial charge is 0.481 e. The van der Waals surface area contributed by atoms with Crippen molar-refractivity contribution in [2.45, 2.75) is 178 Å². The smallest absolute Gasteiger partial charge is 0.319 e. The molecule has 1 unspecified atom stereocenters. The van der Waals surface area contributed by atoms with E-state index in [4.69, 9.17) is 24.9 Å². The second-order valence-electron chi connectivity index (χ2n) is 31.5. The van der Waals surface area contributed by atoms with Crippen LogP contribution in [0, 0.1) is 83.1 Å². The summed E-state index contributed by atoms with van der Waals surface area (Å²) in [6.07, 6.45) is 12.1. The highest BCUT2D eigenvalue weighted by molar-refractivity contribution is 8.01. The molecule has 25 nitrogen and oxygen atoms in total. The topological polar surface area (TPSA) is 329 Å². The monoisotopic (exact) mass is 1780 g/mol. The van der Waals surface area contributed by atoms with Crippen molar-refractivity contribution in [2.24, 2.45) is 0 Å². The number of thioether (sulfide) groups is 5. The van der Waals surface area contributed by atoms with Crippen LogP contribution in [0.2, 0.25) is 0 Å². The lowest BCUT2D eigenvalue weighted by Crippen LogP contribution is -2.27. The zero-order chi connectivity index (χ0) is 90.1. The van der Waals surface area contributed by atoms with Crippen LogP contribution in [0.15, 0.2) is 202 Å². The number of esters is 1. The van der Waals surface area contributed by atoms with Crippen LogP contribution in [0.3, 0.4) is 0 Å². The minimum atomic E-state index is -0.994. The lowest BCUT2D eigenvalue weighted by molar-refractivity contribution is -0.140. The van der Waals surface area contributed by atoms with Crippen LogP contribution in [-0.4, -0.2) is 157 Å². The van der Waals surface area contributed by atoms with Crippen LogP contribution in [-0.2, 0) is 28.7 Å². The maximum atomic E-state index is 11.9. The van der Waals surface area contributed by atoms with E-state index in [1.54, 1.807) is 63.5 Å². The number of nitrogens with zero attached hydrogens (tertiary/aromatic N) is 15. The van der Waals surface area contributed by atoms with Gasteiger partial charge >= 0.3 is 29.8 Å². The van der Waals surface area contributed by atoms with E-state index in [1.807, 2.05) is 81.3 Å². The Morgan fingerprint density at radius 1 is 0.429 bits per heavy atom. The maximum absolute atomic E-state index is 11.9. The van der Waals surface area contributed by atoms with E-state index in [0.717, 1.165) is 128 Å². The third kappa shape index (κ3) is 20.8. The third-order valence-electron chi connectivity index (χ3n) is 20.8. The van der Waals surface area contributed by atoms with E-state index in [1.165, 1.54) is 110 Å². The molecule has 0 aliphatic heterocycles. The molecule has 4 N–H and O–H groups in total. The second-order valence-corrected chi connectivity index (χ2v) is 37.3. The molecule has 0 saturated heterocycles. The highest BCUT2D eigenvalue weighted by Gasteiger charge is 2.33. The van der Waals surface area contributed by atoms with Gasteiger partial charge in [-0.2, -0.15) is 0 Å². The number of aliphatic carboxylic acids is 4. The molecule has 1 aliphatic carbocycles. The van der Waals surface area contributed by atoms with Crippen molar-refractivity contribution >= 4 is 155 Å². The molecule has 30 heteroatoms. The first-order valence-electron chi connectivity index (χ1n) is 41.1. The molecular formula is C96H99N15O10S5. The number of benzene rings is 6. The van der Waals surface area contributed by atoms with Gasteiger partial charge < -0.3 is 25.2 Å². The SMILES string of the molecule is CCOC(=O)CSc1nc2cccnc2n1-c1ccc(C2CC2)c2ccccc12.Cc1cc(C)c(-n2c(SC(C)(C)C(=O)O)nc3cccnc32)c(C)c1.Cc1cc(C)c(-n2c(SC(C)C(=O)O)nc3cccnc32)c(C)c1.Cc1cc(C)c(-n2c(SCC(=O)O)nc3cccnc32)c(C)c1.Cc1cc(C)c(-n2c(SCCCC(=O)O)nc3cccnc32)c(C)c1. The molecule has 0 spiro atoms. The predicted octanol–water partition coefficient (Wildman–Crippen LogP) is 21.1.